The van der Waals surface area contributed by atoms with Gasteiger partial charge in [0.25, 0.3) is 0 Å². The monoisotopic (exact) mass is 257 g/mol. The van der Waals surface area contributed by atoms with Gasteiger partial charge < -0.3 is 0 Å². The maximum absolute atomic E-state index is 11.0. The molecule has 0 unspecified atom stereocenters. The molecular formula is C9H8ClN3O2S. The largest absolute Gasteiger partial charge is 0.236 e. The topological polar surface area (TPSA) is 64.8 Å². The van der Waals surface area contributed by atoms with Crippen LogP contribution in [0.3, 0.4) is 0 Å². The molecule has 0 amide bonds. The number of nitrogens with zero attached hydrogens (tertiary/aromatic N) is 3. The van der Waals surface area contributed by atoms with Crippen molar-refractivity contribution in [1.29, 1.82) is 0 Å². The zero-order chi connectivity index (χ0) is 11.6. The first-order valence-electron chi connectivity index (χ1n) is 4.43. The highest BCUT2D eigenvalue weighted by Gasteiger charge is 2.12. The van der Waals surface area contributed by atoms with E-state index in [9.17, 15) is 8.42 Å². The van der Waals surface area contributed by atoms with Crippen LogP contribution in [0.15, 0.2) is 36.7 Å². The first kappa shape index (κ1) is 11.1. The van der Waals surface area contributed by atoms with Crippen LogP contribution in [-0.4, -0.2) is 23.4 Å². The highest BCUT2D eigenvalue weighted by Crippen LogP contribution is 2.17. The zero-order valence-electron chi connectivity index (χ0n) is 8.12. The highest BCUT2D eigenvalue weighted by atomic mass is 35.7. The van der Waals surface area contributed by atoms with Crippen molar-refractivity contribution in [3.05, 3.63) is 42.2 Å². The fraction of sp³-hybridized carbons (Fsp3) is 0.111. The molecule has 1 heterocycles. The number of rotatable bonds is 3. The molecule has 0 atom stereocenters. The minimum Gasteiger partial charge on any atom is -0.220 e. The van der Waals surface area contributed by atoms with E-state index in [1.165, 1.54) is 10.9 Å². The van der Waals surface area contributed by atoms with E-state index in [0.29, 0.717) is 11.3 Å². The van der Waals surface area contributed by atoms with Gasteiger partial charge in [-0.15, -0.1) is 5.10 Å². The summed E-state index contributed by atoms with van der Waals surface area (Å²) >= 11 is 0. The first-order chi connectivity index (χ1) is 7.56. The molecule has 0 N–H and O–H groups in total. The predicted molar refractivity (Wildman–Crippen MR) is 59.8 cm³/mol. The normalized spacial score (nSPS) is 11.6. The van der Waals surface area contributed by atoms with Crippen molar-refractivity contribution >= 4 is 19.7 Å². The number of benzene rings is 1. The Hall–Kier alpha value is -1.40. The van der Waals surface area contributed by atoms with E-state index < -0.39 is 9.05 Å². The molecule has 0 aliphatic carbocycles. The molecule has 0 radical (unpaired) electrons. The zero-order valence-corrected chi connectivity index (χ0v) is 9.69. The van der Waals surface area contributed by atoms with Crippen LogP contribution >= 0.6 is 10.7 Å². The minimum absolute atomic E-state index is 0.232. The summed E-state index contributed by atoms with van der Waals surface area (Å²) in [6, 6.07) is 6.99. The van der Waals surface area contributed by atoms with Crippen molar-refractivity contribution in [2.24, 2.45) is 0 Å². The van der Waals surface area contributed by atoms with Gasteiger partial charge in [-0.05, 0) is 11.6 Å². The first-order valence-corrected chi connectivity index (χ1v) is 6.91. The van der Waals surface area contributed by atoms with Gasteiger partial charge in [0.05, 0.1) is 23.8 Å². The Morgan fingerprint density at radius 2 is 2.06 bits per heavy atom. The number of hydrogen-bond donors (Lipinski definition) is 0. The summed E-state index contributed by atoms with van der Waals surface area (Å²) in [5.74, 6) is -0.232. The fourth-order valence-corrected chi connectivity index (χ4v) is 2.35. The third kappa shape index (κ3) is 2.59. The number of para-hydroxylation sites is 1. The van der Waals surface area contributed by atoms with Gasteiger partial charge >= 0.3 is 0 Å². The Morgan fingerprint density at radius 3 is 2.69 bits per heavy atom. The highest BCUT2D eigenvalue weighted by molar-refractivity contribution is 8.13. The van der Waals surface area contributed by atoms with Crippen LogP contribution < -0.4 is 0 Å². The molecule has 0 bridgehead atoms. The lowest BCUT2D eigenvalue weighted by Crippen LogP contribution is -2.03. The fourth-order valence-electron chi connectivity index (χ4n) is 1.38. The molecule has 0 saturated heterocycles. The number of hydrogen-bond acceptors (Lipinski definition) is 4. The lowest BCUT2D eigenvalue weighted by atomic mass is 10.2. The number of aromatic nitrogens is 3. The van der Waals surface area contributed by atoms with Crippen LogP contribution in [0.4, 0.5) is 0 Å². The Kier molecular flexibility index (Phi) is 2.93. The molecule has 16 heavy (non-hydrogen) atoms. The lowest BCUT2D eigenvalue weighted by Gasteiger charge is -2.06. The molecule has 2 aromatic rings. The van der Waals surface area contributed by atoms with Gasteiger partial charge in [0.2, 0.25) is 9.05 Å². The summed E-state index contributed by atoms with van der Waals surface area (Å²) < 4.78 is 23.6. The Bertz CT molecular complexity index is 581. The van der Waals surface area contributed by atoms with Crippen LogP contribution in [0.25, 0.3) is 5.69 Å². The second-order valence-electron chi connectivity index (χ2n) is 3.16. The summed E-state index contributed by atoms with van der Waals surface area (Å²) in [7, 11) is 1.65. The van der Waals surface area contributed by atoms with E-state index in [2.05, 4.69) is 10.3 Å². The molecule has 0 fully saturated rings. The van der Waals surface area contributed by atoms with Gasteiger partial charge in [-0.3, -0.25) is 0 Å². The predicted octanol–water partition coefficient (Wildman–Crippen LogP) is 1.34. The maximum atomic E-state index is 11.0. The molecule has 1 aromatic heterocycles. The van der Waals surface area contributed by atoms with E-state index in [4.69, 9.17) is 10.7 Å². The van der Waals surface area contributed by atoms with Gasteiger partial charge in [-0.1, -0.05) is 23.4 Å². The van der Waals surface area contributed by atoms with E-state index in [0.717, 1.165) is 0 Å². The molecule has 0 saturated carbocycles. The van der Waals surface area contributed by atoms with Crippen molar-refractivity contribution in [3.8, 4) is 5.69 Å². The molecule has 0 aliphatic rings. The molecule has 0 spiro atoms. The van der Waals surface area contributed by atoms with E-state index in [-0.39, 0.29) is 5.75 Å². The van der Waals surface area contributed by atoms with Crippen molar-refractivity contribution < 1.29 is 8.42 Å². The standard InChI is InChI=1S/C9H8ClN3O2S/c10-16(14,15)7-8-3-1-2-4-9(8)13-6-5-11-12-13/h1-6H,7H2. The molecular weight excluding hydrogens is 250 g/mol. The van der Waals surface area contributed by atoms with E-state index >= 15 is 0 Å². The van der Waals surface area contributed by atoms with Crippen LogP contribution in [0.5, 0.6) is 0 Å². The second kappa shape index (κ2) is 4.23. The molecule has 1 aromatic carbocycles. The van der Waals surface area contributed by atoms with Crippen LogP contribution in [0.2, 0.25) is 0 Å². The average Bonchev–Trinajstić information content (AvgIpc) is 2.69. The van der Waals surface area contributed by atoms with Gasteiger partial charge in [0, 0.05) is 10.7 Å². The van der Waals surface area contributed by atoms with Gasteiger partial charge in [-0.25, -0.2) is 13.1 Å². The Labute approximate surface area is 97.1 Å². The Balaban J connectivity index is 2.47. The van der Waals surface area contributed by atoms with Crippen molar-refractivity contribution in [3.63, 3.8) is 0 Å². The molecule has 0 aliphatic heterocycles. The smallest absolute Gasteiger partial charge is 0.220 e. The van der Waals surface area contributed by atoms with E-state index in [1.54, 1.807) is 30.5 Å². The third-order valence-electron chi connectivity index (χ3n) is 1.99. The summed E-state index contributed by atoms with van der Waals surface area (Å²) in [6.45, 7) is 0. The van der Waals surface area contributed by atoms with Crippen LogP contribution in [-0.2, 0) is 14.8 Å². The maximum Gasteiger partial charge on any atom is 0.236 e. The molecule has 84 valence electrons. The molecule has 7 heteroatoms. The lowest BCUT2D eigenvalue weighted by molar-refractivity contribution is 0.608. The SMILES string of the molecule is O=S(=O)(Cl)Cc1ccccc1-n1ccnn1. The third-order valence-corrected chi connectivity index (χ3v) is 2.97. The van der Waals surface area contributed by atoms with Crippen LogP contribution in [0, 0.1) is 0 Å². The minimum atomic E-state index is -3.58. The average molecular weight is 258 g/mol. The summed E-state index contributed by atoms with van der Waals surface area (Å²) in [5, 5.41) is 7.47. The summed E-state index contributed by atoms with van der Waals surface area (Å²) in [6.07, 6.45) is 3.16. The molecule has 2 rings (SSSR count). The second-order valence-corrected chi connectivity index (χ2v) is 5.94. The quantitative estimate of drug-likeness (QED) is 0.779. The van der Waals surface area contributed by atoms with Crippen molar-refractivity contribution in [2.45, 2.75) is 5.75 Å². The van der Waals surface area contributed by atoms with Crippen LogP contribution in [0.1, 0.15) is 5.56 Å². The van der Waals surface area contributed by atoms with Crippen molar-refractivity contribution in [1.82, 2.24) is 15.0 Å². The van der Waals surface area contributed by atoms with E-state index in [1.807, 2.05) is 0 Å². The summed E-state index contributed by atoms with van der Waals surface area (Å²) in [4.78, 5) is 0. The Morgan fingerprint density at radius 1 is 1.31 bits per heavy atom. The summed E-state index contributed by atoms with van der Waals surface area (Å²) in [5.41, 5.74) is 1.24. The van der Waals surface area contributed by atoms with Gasteiger partial charge in [-0.2, -0.15) is 0 Å². The molecule has 5 nitrogen and oxygen atoms in total. The van der Waals surface area contributed by atoms with Crippen molar-refractivity contribution in [2.75, 3.05) is 0 Å². The number of halogens is 1. The van der Waals surface area contributed by atoms with Gasteiger partial charge in [0.15, 0.2) is 0 Å². The van der Waals surface area contributed by atoms with Gasteiger partial charge in [0.1, 0.15) is 0 Å².